The van der Waals surface area contributed by atoms with E-state index in [9.17, 15) is 14.9 Å². The predicted molar refractivity (Wildman–Crippen MR) is 107 cm³/mol. The molecular weight excluding hydrogens is 412 g/mol. The standard InChI is InChI=1S/C18H19ClN8O3/c19-15-3-1-2-14(10-15)11-23-6-8-24(9-7-23)17(28)16-4-5-25(21-16)13-26-12-20-18(22-26)27(29)30/h1-5,10,12H,6-9,11,13H2. The average molecular weight is 431 g/mol. The van der Waals surface area contributed by atoms with E-state index in [1.54, 1.807) is 17.2 Å². The van der Waals surface area contributed by atoms with E-state index in [2.05, 4.69) is 20.1 Å². The van der Waals surface area contributed by atoms with Crippen LogP contribution in [0.4, 0.5) is 5.95 Å². The van der Waals surface area contributed by atoms with Crippen LogP contribution in [0.15, 0.2) is 42.9 Å². The van der Waals surface area contributed by atoms with E-state index in [-0.39, 0.29) is 12.6 Å². The lowest BCUT2D eigenvalue weighted by atomic mass is 10.2. The van der Waals surface area contributed by atoms with Crippen LogP contribution in [0.1, 0.15) is 16.1 Å². The molecule has 11 nitrogen and oxygen atoms in total. The maximum atomic E-state index is 12.8. The summed E-state index contributed by atoms with van der Waals surface area (Å²) in [5.74, 6) is -0.616. The summed E-state index contributed by atoms with van der Waals surface area (Å²) in [5.41, 5.74) is 1.47. The van der Waals surface area contributed by atoms with E-state index in [1.165, 1.54) is 15.7 Å². The van der Waals surface area contributed by atoms with Crippen LogP contribution in [-0.2, 0) is 13.2 Å². The maximum absolute atomic E-state index is 12.8. The van der Waals surface area contributed by atoms with Crippen LogP contribution in [0, 0.1) is 10.1 Å². The van der Waals surface area contributed by atoms with Crippen molar-refractivity contribution in [2.24, 2.45) is 0 Å². The summed E-state index contributed by atoms with van der Waals surface area (Å²) in [6.07, 6.45) is 2.89. The first-order chi connectivity index (χ1) is 14.5. The maximum Gasteiger partial charge on any atom is 0.491 e. The minimum Gasteiger partial charge on any atom is -0.390 e. The Kier molecular flexibility index (Phi) is 5.72. The van der Waals surface area contributed by atoms with Crippen LogP contribution < -0.4 is 0 Å². The van der Waals surface area contributed by atoms with E-state index in [1.807, 2.05) is 24.3 Å². The molecule has 1 fully saturated rings. The summed E-state index contributed by atoms with van der Waals surface area (Å²) in [6.45, 7) is 3.68. The number of carbonyl (C=O) groups is 1. The van der Waals surface area contributed by atoms with Gasteiger partial charge in [0.2, 0.25) is 6.33 Å². The zero-order chi connectivity index (χ0) is 21.1. The Labute approximate surface area is 176 Å². The first-order valence-electron chi connectivity index (χ1n) is 9.31. The van der Waals surface area contributed by atoms with E-state index in [0.717, 1.165) is 30.2 Å². The summed E-state index contributed by atoms with van der Waals surface area (Å²) >= 11 is 6.04. The normalized spacial score (nSPS) is 14.8. The van der Waals surface area contributed by atoms with E-state index in [0.29, 0.717) is 18.8 Å². The number of benzene rings is 1. The van der Waals surface area contributed by atoms with Gasteiger partial charge in [0.15, 0.2) is 6.67 Å². The Bertz CT molecular complexity index is 1060. The highest BCUT2D eigenvalue weighted by molar-refractivity contribution is 6.30. The number of nitrogens with zero attached hydrogens (tertiary/aromatic N) is 8. The van der Waals surface area contributed by atoms with Crippen LogP contribution in [0.3, 0.4) is 0 Å². The van der Waals surface area contributed by atoms with Gasteiger partial charge in [-0.3, -0.25) is 9.69 Å². The molecular formula is C18H19ClN8O3. The molecule has 0 N–H and O–H groups in total. The summed E-state index contributed by atoms with van der Waals surface area (Å²) < 4.78 is 2.77. The van der Waals surface area contributed by atoms with Gasteiger partial charge in [0.25, 0.3) is 5.91 Å². The number of rotatable bonds is 6. The number of carbonyl (C=O) groups excluding carboxylic acids is 1. The van der Waals surface area contributed by atoms with Crippen molar-refractivity contribution in [1.29, 1.82) is 0 Å². The SMILES string of the molecule is O=C(c1ccn(Cn2cnc([N+](=O)[O-])n2)n1)N1CCN(Cc2cccc(Cl)c2)CC1. The molecule has 0 unspecified atom stereocenters. The molecule has 30 heavy (non-hydrogen) atoms. The molecule has 1 aromatic carbocycles. The van der Waals surface area contributed by atoms with Crippen LogP contribution in [0.2, 0.25) is 5.02 Å². The van der Waals surface area contributed by atoms with Gasteiger partial charge < -0.3 is 15.0 Å². The largest absolute Gasteiger partial charge is 0.491 e. The molecule has 0 spiro atoms. The third-order valence-electron chi connectivity index (χ3n) is 4.79. The topological polar surface area (TPSA) is 115 Å². The number of amides is 1. The Morgan fingerprint density at radius 2 is 1.93 bits per heavy atom. The molecule has 1 aliphatic heterocycles. The Balaban J connectivity index is 1.31. The fourth-order valence-corrected chi connectivity index (χ4v) is 3.52. The first kappa shape index (κ1) is 20.0. The molecule has 0 saturated carbocycles. The van der Waals surface area contributed by atoms with Crippen molar-refractivity contribution < 1.29 is 9.72 Å². The lowest BCUT2D eigenvalue weighted by Gasteiger charge is -2.34. The van der Waals surface area contributed by atoms with E-state index >= 15 is 0 Å². The third kappa shape index (κ3) is 4.63. The molecule has 1 amide bonds. The van der Waals surface area contributed by atoms with Gasteiger partial charge in [0.05, 0.1) is 0 Å². The minimum absolute atomic E-state index is 0.127. The number of aromatic nitrogens is 5. The molecule has 2 aromatic heterocycles. The van der Waals surface area contributed by atoms with Crippen LogP contribution in [-0.4, -0.2) is 71.4 Å². The number of nitro groups is 1. The van der Waals surface area contributed by atoms with Gasteiger partial charge in [-0.15, -0.1) is 0 Å². The molecule has 3 heterocycles. The highest BCUT2D eigenvalue weighted by Gasteiger charge is 2.24. The quantitative estimate of drug-likeness (QED) is 0.429. The molecule has 156 valence electrons. The van der Waals surface area contributed by atoms with Gasteiger partial charge in [-0.1, -0.05) is 28.7 Å². The van der Waals surface area contributed by atoms with Crippen LogP contribution >= 0.6 is 11.6 Å². The molecule has 0 bridgehead atoms. The van der Waals surface area contributed by atoms with Gasteiger partial charge in [-0.25, -0.2) is 4.68 Å². The van der Waals surface area contributed by atoms with Crippen LogP contribution in [0.25, 0.3) is 0 Å². The summed E-state index contributed by atoms with van der Waals surface area (Å²) in [7, 11) is 0. The zero-order valence-corrected chi connectivity index (χ0v) is 16.7. The highest BCUT2D eigenvalue weighted by atomic mass is 35.5. The molecule has 3 aromatic rings. The van der Waals surface area contributed by atoms with E-state index in [4.69, 9.17) is 11.6 Å². The second-order valence-corrected chi connectivity index (χ2v) is 7.36. The molecule has 0 aliphatic carbocycles. The summed E-state index contributed by atoms with van der Waals surface area (Å²) in [6, 6.07) is 9.41. The van der Waals surface area contributed by atoms with Crippen molar-refractivity contribution in [2.75, 3.05) is 26.2 Å². The molecule has 12 heteroatoms. The Morgan fingerprint density at radius 3 is 2.63 bits per heavy atom. The Hall–Kier alpha value is -3.31. The van der Waals surface area contributed by atoms with Crippen molar-refractivity contribution in [2.45, 2.75) is 13.2 Å². The molecule has 0 atom stereocenters. The van der Waals surface area contributed by atoms with Gasteiger partial charge in [0, 0.05) is 49.0 Å². The van der Waals surface area contributed by atoms with Crippen molar-refractivity contribution in [1.82, 2.24) is 34.3 Å². The zero-order valence-electron chi connectivity index (χ0n) is 16.0. The van der Waals surface area contributed by atoms with Gasteiger partial charge in [0.1, 0.15) is 5.69 Å². The Morgan fingerprint density at radius 1 is 1.13 bits per heavy atom. The second-order valence-electron chi connectivity index (χ2n) is 6.92. The van der Waals surface area contributed by atoms with Crippen LogP contribution in [0.5, 0.6) is 0 Å². The van der Waals surface area contributed by atoms with Crippen molar-refractivity contribution in [3.63, 3.8) is 0 Å². The number of halogens is 1. The number of hydrogen-bond acceptors (Lipinski definition) is 7. The van der Waals surface area contributed by atoms with Gasteiger partial charge in [-0.05, 0) is 28.7 Å². The smallest absolute Gasteiger partial charge is 0.390 e. The van der Waals surface area contributed by atoms with Crippen molar-refractivity contribution in [3.8, 4) is 0 Å². The summed E-state index contributed by atoms with van der Waals surface area (Å²) in [5, 5.41) is 19.4. The number of hydrogen-bond donors (Lipinski definition) is 0. The van der Waals surface area contributed by atoms with Gasteiger partial charge in [-0.2, -0.15) is 9.78 Å². The fraction of sp³-hybridized carbons (Fsp3) is 0.333. The highest BCUT2D eigenvalue weighted by Crippen LogP contribution is 2.15. The van der Waals surface area contributed by atoms with Gasteiger partial charge >= 0.3 is 5.95 Å². The average Bonchev–Trinajstić information content (AvgIpc) is 3.38. The predicted octanol–water partition coefficient (Wildman–Crippen LogP) is 1.50. The molecule has 0 radical (unpaired) electrons. The second kappa shape index (κ2) is 8.59. The molecule has 1 saturated heterocycles. The monoisotopic (exact) mass is 430 g/mol. The fourth-order valence-electron chi connectivity index (χ4n) is 3.30. The minimum atomic E-state index is -0.666. The molecule has 4 rings (SSSR count). The summed E-state index contributed by atoms with van der Waals surface area (Å²) in [4.78, 5) is 30.4. The first-order valence-corrected chi connectivity index (χ1v) is 9.69. The lowest BCUT2D eigenvalue weighted by molar-refractivity contribution is -0.394. The third-order valence-corrected chi connectivity index (χ3v) is 5.03. The van der Waals surface area contributed by atoms with E-state index < -0.39 is 10.9 Å². The lowest BCUT2D eigenvalue weighted by Crippen LogP contribution is -2.48. The van der Waals surface area contributed by atoms with Crippen molar-refractivity contribution in [3.05, 3.63) is 69.3 Å². The molecule has 1 aliphatic rings. The number of piperazine rings is 1. The van der Waals surface area contributed by atoms with Crippen molar-refractivity contribution >= 4 is 23.5 Å².